The average Bonchev–Trinajstić information content (AvgIpc) is 3.31. The number of hydrogen-bond donors (Lipinski definition) is 1. The number of likely N-dealkylation sites (tertiary alicyclic amines) is 2. The molecule has 2 saturated heterocycles. The van der Waals surface area contributed by atoms with Crippen LogP contribution in [0.4, 0.5) is 0 Å². The summed E-state index contributed by atoms with van der Waals surface area (Å²) in [6, 6.07) is 12.2. The zero-order chi connectivity index (χ0) is 20.9. The number of piperidine rings is 2. The van der Waals surface area contributed by atoms with Crippen molar-refractivity contribution in [2.45, 2.75) is 44.2 Å². The van der Waals surface area contributed by atoms with Gasteiger partial charge in [-0.15, -0.1) is 0 Å². The first-order chi connectivity index (χ1) is 14.6. The van der Waals surface area contributed by atoms with E-state index in [4.69, 9.17) is 4.42 Å². The van der Waals surface area contributed by atoms with E-state index in [0.29, 0.717) is 44.7 Å². The standard InChI is InChI=1S/C23H27N3O4/c27-20-10-4-5-13-26(20)21(17-7-2-1-3-8-17)22(28)24-18-11-14-25(15-12-18)23(29)19-9-6-16-30-19/h1-3,6-9,16,18,21H,4-5,10-15H2,(H,24,28). The lowest BCUT2D eigenvalue weighted by atomic mass is 9.98. The molecule has 30 heavy (non-hydrogen) atoms. The minimum Gasteiger partial charge on any atom is -0.459 e. The van der Waals surface area contributed by atoms with Crippen molar-refractivity contribution in [3.8, 4) is 0 Å². The number of nitrogens with one attached hydrogen (secondary N) is 1. The van der Waals surface area contributed by atoms with E-state index in [1.165, 1.54) is 6.26 Å². The SMILES string of the molecule is O=C(NC1CCN(C(=O)c2ccco2)CC1)C(c1ccccc1)N1CCCCC1=O. The number of amides is 3. The molecular weight excluding hydrogens is 382 g/mol. The lowest BCUT2D eigenvalue weighted by Crippen LogP contribution is -2.51. The van der Waals surface area contributed by atoms with Gasteiger partial charge in [0.2, 0.25) is 11.8 Å². The molecule has 1 aromatic carbocycles. The van der Waals surface area contributed by atoms with Gasteiger partial charge in [-0.3, -0.25) is 14.4 Å². The van der Waals surface area contributed by atoms with E-state index in [-0.39, 0.29) is 23.8 Å². The third-order valence-electron chi connectivity index (χ3n) is 5.90. The zero-order valence-electron chi connectivity index (χ0n) is 17.0. The van der Waals surface area contributed by atoms with Crippen molar-refractivity contribution >= 4 is 17.7 Å². The minimum atomic E-state index is -0.609. The largest absolute Gasteiger partial charge is 0.459 e. The van der Waals surface area contributed by atoms with Crippen molar-refractivity contribution in [3.63, 3.8) is 0 Å². The Hall–Kier alpha value is -3.09. The van der Waals surface area contributed by atoms with E-state index in [9.17, 15) is 14.4 Å². The average molecular weight is 409 g/mol. The Kier molecular flexibility index (Phi) is 6.16. The van der Waals surface area contributed by atoms with Gasteiger partial charge >= 0.3 is 0 Å². The summed E-state index contributed by atoms with van der Waals surface area (Å²) < 4.78 is 5.20. The second-order valence-electron chi connectivity index (χ2n) is 7.91. The quantitative estimate of drug-likeness (QED) is 0.823. The molecule has 0 bridgehead atoms. The van der Waals surface area contributed by atoms with Crippen LogP contribution in [0.2, 0.25) is 0 Å². The predicted octanol–water partition coefficient (Wildman–Crippen LogP) is 2.75. The molecule has 1 unspecified atom stereocenters. The summed E-state index contributed by atoms with van der Waals surface area (Å²) in [4.78, 5) is 41.7. The molecule has 0 aliphatic carbocycles. The monoisotopic (exact) mass is 409 g/mol. The van der Waals surface area contributed by atoms with Crippen molar-refractivity contribution in [2.75, 3.05) is 19.6 Å². The van der Waals surface area contributed by atoms with Crippen LogP contribution in [0.3, 0.4) is 0 Å². The second kappa shape index (κ2) is 9.15. The van der Waals surface area contributed by atoms with E-state index in [1.807, 2.05) is 30.3 Å². The third kappa shape index (κ3) is 4.40. The van der Waals surface area contributed by atoms with Crippen LogP contribution in [0.1, 0.15) is 54.3 Å². The smallest absolute Gasteiger partial charge is 0.289 e. The van der Waals surface area contributed by atoms with Gasteiger partial charge in [-0.05, 0) is 43.4 Å². The van der Waals surface area contributed by atoms with Gasteiger partial charge in [-0.1, -0.05) is 30.3 Å². The van der Waals surface area contributed by atoms with Crippen LogP contribution in [0, 0.1) is 0 Å². The predicted molar refractivity (Wildman–Crippen MR) is 111 cm³/mol. The summed E-state index contributed by atoms with van der Waals surface area (Å²) in [5.74, 6) is 0.104. The summed E-state index contributed by atoms with van der Waals surface area (Å²) in [5, 5.41) is 3.14. The van der Waals surface area contributed by atoms with E-state index in [1.54, 1.807) is 21.9 Å². The van der Waals surface area contributed by atoms with Crippen molar-refractivity contribution in [2.24, 2.45) is 0 Å². The summed E-state index contributed by atoms with van der Waals surface area (Å²) in [6.07, 6.45) is 5.12. The van der Waals surface area contributed by atoms with Crippen LogP contribution in [0.25, 0.3) is 0 Å². The molecule has 158 valence electrons. The van der Waals surface area contributed by atoms with Gasteiger partial charge in [0.1, 0.15) is 6.04 Å². The Balaban J connectivity index is 1.41. The van der Waals surface area contributed by atoms with Crippen LogP contribution in [0.15, 0.2) is 53.1 Å². The number of rotatable bonds is 5. The topological polar surface area (TPSA) is 82.9 Å². The maximum absolute atomic E-state index is 13.3. The lowest BCUT2D eigenvalue weighted by molar-refractivity contribution is -0.143. The summed E-state index contributed by atoms with van der Waals surface area (Å²) >= 11 is 0. The fraction of sp³-hybridized carbons (Fsp3) is 0.435. The maximum Gasteiger partial charge on any atom is 0.289 e. The first kappa shape index (κ1) is 20.2. The van der Waals surface area contributed by atoms with Crippen molar-refractivity contribution in [1.82, 2.24) is 15.1 Å². The van der Waals surface area contributed by atoms with E-state index in [2.05, 4.69) is 5.32 Å². The fourth-order valence-electron chi connectivity index (χ4n) is 4.27. The Bertz CT molecular complexity index is 873. The highest BCUT2D eigenvalue weighted by molar-refractivity contribution is 5.91. The molecule has 1 atom stereocenters. The highest BCUT2D eigenvalue weighted by atomic mass is 16.3. The van der Waals surface area contributed by atoms with Crippen LogP contribution >= 0.6 is 0 Å². The summed E-state index contributed by atoms with van der Waals surface area (Å²) in [5.41, 5.74) is 0.829. The maximum atomic E-state index is 13.3. The molecule has 2 fully saturated rings. The molecule has 3 heterocycles. The third-order valence-corrected chi connectivity index (χ3v) is 5.90. The molecule has 2 aliphatic heterocycles. The molecule has 7 heteroatoms. The number of furan rings is 1. The Labute approximate surface area is 176 Å². The van der Waals surface area contributed by atoms with E-state index >= 15 is 0 Å². The molecule has 7 nitrogen and oxygen atoms in total. The fourth-order valence-corrected chi connectivity index (χ4v) is 4.27. The van der Waals surface area contributed by atoms with Gasteiger partial charge in [0.25, 0.3) is 5.91 Å². The highest BCUT2D eigenvalue weighted by Crippen LogP contribution is 2.26. The molecule has 3 amide bonds. The highest BCUT2D eigenvalue weighted by Gasteiger charge is 2.34. The summed E-state index contributed by atoms with van der Waals surface area (Å²) in [6.45, 7) is 1.72. The molecule has 2 aliphatic rings. The van der Waals surface area contributed by atoms with Crippen LogP contribution in [0.5, 0.6) is 0 Å². The van der Waals surface area contributed by atoms with Gasteiger partial charge in [0.15, 0.2) is 5.76 Å². The van der Waals surface area contributed by atoms with E-state index < -0.39 is 6.04 Å². The number of carbonyl (C=O) groups excluding carboxylic acids is 3. The number of carbonyl (C=O) groups is 3. The van der Waals surface area contributed by atoms with Gasteiger partial charge in [0.05, 0.1) is 6.26 Å². The molecular formula is C23H27N3O4. The van der Waals surface area contributed by atoms with Crippen LogP contribution < -0.4 is 5.32 Å². The first-order valence-electron chi connectivity index (χ1n) is 10.6. The number of benzene rings is 1. The normalized spacial score (nSPS) is 18.9. The van der Waals surface area contributed by atoms with Crippen molar-refractivity contribution < 1.29 is 18.8 Å². The van der Waals surface area contributed by atoms with Gasteiger partial charge < -0.3 is 19.5 Å². The second-order valence-corrected chi connectivity index (χ2v) is 7.91. The zero-order valence-corrected chi connectivity index (χ0v) is 17.0. The van der Waals surface area contributed by atoms with Gasteiger partial charge in [-0.25, -0.2) is 0 Å². The molecule has 1 N–H and O–H groups in total. The summed E-state index contributed by atoms with van der Waals surface area (Å²) in [7, 11) is 0. The van der Waals surface area contributed by atoms with Crippen molar-refractivity contribution in [1.29, 1.82) is 0 Å². The first-order valence-corrected chi connectivity index (χ1v) is 10.6. The minimum absolute atomic E-state index is 0.0238. The molecule has 4 rings (SSSR count). The van der Waals surface area contributed by atoms with Gasteiger partial charge in [0, 0.05) is 32.1 Å². The Morgan fingerprint density at radius 3 is 2.43 bits per heavy atom. The molecule has 2 aromatic rings. The number of nitrogens with zero attached hydrogens (tertiary/aromatic N) is 2. The van der Waals surface area contributed by atoms with Crippen molar-refractivity contribution in [3.05, 3.63) is 60.1 Å². The molecule has 0 radical (unpaired) electrons. The van der Waals surface area contributed by atoms with E-state index in [0.717, 1.165) is 18.4 Å². The van der Waals surface area contributed by atoms with Gasteiger partial charge in [-0.2, -0.15) is 0 Å². The molecule has 0 saturated carbocycles. The van der Waals surface area contributed by atoms with Crippen LogP contribution in [-0.4, -0.2) is 53.2 Å². The Morgan fingerprint density at radius 2 is 1.77 bits per heavy atom. The van der Waals surface area contributed by atoms with Crippen LogP contribution in [-0.2, 0) is 9.59 Å². The lowest BCUT2D eigenvalue weighted by Gasteiger charge is -2.36. The number of hydrogen-bond acceptors (Lipinski definition) is 4. The molecule has 0 spiro atoms. The molecule has 1 aromatic heterocycles. The Morgan fingerprint density at radius 1 is 1.00 bits per heavy atom.